The van der Waals surface area contributed by atoms with Crippen molar-refractivity contribution in [1.29, 1.82) is 0 Å². The molecule has 0 bridgehead atoms. The van der Waals surface area contributed by atoms with E-state index in [1.807, 2.05) is 48.5 Å². The molecule has 0 aliphatic heterocycles. The van der Waals surface area contributed by atoms with Crippen LogP contribution in [0.4, 0.5) is 4.39 Å². The number of carbonyl (C=O) groups is 2. The second kappa shape index (κ2) is 13.0. The molecule has 3 unspecified atom stereocenters. The summed E-state index contributed by atoms with van der Waals surface area (Å²) in [5.41, 5.74) is 3.32. The molecule has 0 aliphatic rings. The number of hydrogen-bond donors (Lipinski definition) is 3. The van der Waals surface area contributed by atoms with Crippen molar-refractivity contribution in [3.63, 3.8) is 0 Å². The monoisotopic (exact) mass is 507 g/mol. The molecule has 9 heteroatoms. The Hall–Kier alpha value is -3.72. The highest BCUT2D eigenvalue weighted by molar-refractivity contribution is 5.94. The average molecular weight is 508 g/mol. The van der Waals surface area contributed by atoms with Crippen molar-refractivity contribution in [2.24, 2.45) is 11.0 Å². The van der Waals surface area contributed by atoms with E-state index in [1.54, 1.807) is 6.07 Å². The first-order valence-corrected chi connectivity index (χ1v) is 12.3. The van der Waals surface area contributed by atoms with Crippen LogP contribution in [0.1, 0.15) is 56.1 Å². The van der Waals surface area contributed by atoms with E-state index in [-0.39, 0.29) is 30.4 Å². The fourth-order valence-electron chi connectivity index (χ4n) is 3.95. The lowest BCUT2D eigenvalue weighted by Crippen LogP contribution is -2.46. The van der Waals surface area contributed by atoms with E-state index < -0.39 is 23.7 Å². The second-order valence-electron chi connectivity index (χ2n) is 9.78. The number of hydrogen-bond acceptors (Lipinski definition) is 6. The topological polar surface area (TPSA) is 117 Å². The van der Waals surface area contributed by atoms with Crippen molar-refractivity contribution in [2.45, 2.75) is 64.3 Å². The van der Waals surface area contributed by atoms with Gasteiger partial charge in [-0.2, -0.15) is 5.10 Å². The average Bonchev–Trinajstić information content (AvgIpc) is 2.86. The van der Waals surface area contributed by atoms with E-state index in [2.05, 4.69) is 25.8 Å². The molecule has 0 aliphatic carbocycles. The molecular weight excluding hydrogens is 473 g/mol. The summed E-state index contributed by atoms with van der Waals surface area (Å²) in [5.74, 6) is -1.11. The zero-order chi connectivity index (χ0) is 26.8. The van der Waals surface area contributed by atoms with Crippen LogP contribution in [0.2, 0.25) is 0 Å². The molecule has 0 radical (unpaired) electrons. The molecule has 0 spiro atoms. The number of hydrazone groups is 1. The summed E-state index contributed by atoms with van der Waals surface area (Å²) in [5, 5.41) is 18.1. The van der Waals surface area contributed by atoms with E-state index in [4.69, 9.17) is 0 Å². The van der Waals surface area contributed by atoms with Crippen LogP contribution >= 0.6 is 0 Å². The summed E-state index contributed by atoms with van der Waals surface area (Å²) < 4.78 is 14.2. The Morgan fingerprint density at radius 2 is 1.78 bits per heavy atom. The van der Waals surface area contributed by atoms with Gasteiger partial charge in [0.15, 0.2) is 0 Å². The minimum atomic E-state index is -1.39. The maximum atomic E-state index is 14.2. The van der Waals surface area contributed by atoms with Gasteiger partial charge in [-0.25, -0.2) is 14.8 Å². The zero-order valence-corrected chi connectivity index (χ0v) is 21.4. The normalized spacial score (nSPS) is 14.3. The van der Waals surface area contributed by atoms with Gasteiger partial charge in [0.2, 0.25) is 5.91 Å². The van der Waals surface area contributed by atoms with Gasteiger partial charge in [0.05, 0.1) is 29.4 Å². The third-order valence-electron chi connectivity index (χ3n) is 5.92. The number of alkyl halides is 1. The van der Waals surface area contributed by atoms with E-state index in [9.17, 15) is 19.1 Å². The number of halogens is 1. The molecule has 0 saturated heterocycles. The Morgan fingerprint density at radius 1 is 1.11 bits per heavy atom. The lowest BCUT2D eigenvalue weighted by atomic mass is 9.89. The third-order valence-corrected chi connectivity index (χ3v) is 5.92. The van der Waals surface area contributed by atoms with Crippen LogP contribution in [-0.4, -0.2) is 50.9 Å². The van der Waals surface area contributed by atoms with Crippen molar-refractivity contribution in [3.8, 4) is 0 Å². The predicted octanol–water partition coefficient (Wildman–Crippen LogP) is 3.99. The number of rotatable bonds is 12. The van der Waals surface area contributed by atoms with Gasteiger partial charge in [0.1, 0.15) is 11.4 Å². The molecule has 3 rings (SSSR count). The number of nitrogens with zero attached hydrogens (tertiary/aromatic N) is 3. The molecule has 3 aromatic rings. The zero-order valence-electron chi connectivity index (χ0n) is 21.4. The van der Waals surface area contributed by atoms with Crippen LogP contribution in [0.3, 0.4) is 0 Å². The molecule has 2 aromatic carbocycles. The van der Waals surface area contributed by atoms with Gasteiger partial charge < -0.3 is 10.4 Å². The molecule has 196 valence electrons. The molecule has 0 fully saturated rings. The number of carbonyl (C=O) groups excluding carboxylic acids is 2. The molecule has 2 amide bonds. The van der Waals surface area contributed by atoms with E-state index in [0.717, 1.165) is 5.56 Å². The quantitative estimate of drug-likeness (QED) is 0.253. The highest BCUT2D eigenvalue weighted by atomic mass is 19.1. The first-order chi connectivity index (χ1) is 17.6. The van der Waals surface area contributed by atoms with Crippen molar-refractivity contribution >= 4 is 29.1 Å². The van der Waals surface area contributed by atoms with Crippen molar-refractivity contribution in [1.82, 2.24) is 20.7 Å². The fourth-order valence-corrected chi connectivity index (χ4v) is 3.95. The van der Waals surface area contributed by atoms with Crippen molar-refractivity contribution < 1.29 is 19.1 Å². The maximum absolute atomic E-state index is 14.2. The number of amides is 2. The fraction of sp³-hybridized carbons (Fsp3) is 0.393. The Bertz CT molecular complexity index is 1210. The largest absolute Gasteiger partial charge is 0.391 e. The molecule has 37 heavy (non-hydrogen) atoms. The lowest BCUT2D eigenvalue weighted by Gasteiger charge is -2.27. The Balaban J connectivity index is 1.79. The van der Waals surface area contributed by atoms with Gasteiger partial charge in [-0.15, -0.1) is 0 Å². The SMILES string of the molecule is CC(=O)NN=CC(CCC(C)(C)F)CC(O)C(Cc1ccccc1)NC(=O)c1cnc2ccccc2n1. The number of benzene rings is 2. The first-order valence-electron chi connectivity index (χ1n) is 12.3. The summed E-state index contributed by atoms with van der Waals surface area (Å²) >= 11 is 0. The minimum absolute atomic E-state index is 0.145. The summed E-state index contributed by atoms with van der Waals surface area (Å²) in [6, 6.07) is 16.1. The van der Waals surface area contributed by atoms with E-state index in [0.29, 0.717) is 23.9 Å². The number of nitrogens with one attached hydrogen (secondary N) is 2. The minimum Gasteiger partial charge on any atom is -0.391 e. The van der Waals surface area contributed by atoms with Crippen LogP contribution in [0.25, 0.3) is 11.0 Å². The van der Waals surface area contributed by atoms with Crippen LogP contribution in [0, 0.1) is 5.92 Å². The van der Waals surface area contributed by atoms with Gasteiger partial charge in [0.25, 0.3) is 5.91 Å². The Morgan fingerprint density at radius 3 is 2.46 bits per heavy atom. The van der Waals surface area contributed by atoms with Gasteiger partial charge in [-0.1, -0.05) is 42.5 Å². The number of fused-ring (bicyclic) bond motifs is 1. The van der Waals surface area contributed by atoms with Gasteiger partial charge >= 0.3 is 0 Å². The van der Waals surface area contributed by atoms with Crippen LogP contribution in [-0.2, 0) is 11.2 Å². The highest BCUT2D eigenvalue weighted by Gasteiger charge is 2.27. The summed E-state index contributed by atoms with van der Waals surface area (Å²) in [7, 11) is 0. The summed E-state index contributed by atoms with van der Waals surface area (Å²) in [6.45, 7) is 4.33. The van der Waals surface area contributed by atoms with E-state index in [1.165, 1.54) is 33.2 Å². The second-order valence-corrected chi connectivity index (χ2v) is 9.78. The number of aliphatic hydroxyl groups is 1. The molecule has 1 heterocycles. The van der Waals surface area contributed by atoms with Crippen molar-refractivity contribution in [2.75, 3.05) is 0 Å². The van der Waals surface area contributed by atoms with Crippen LogP contribution < -0.4 is 10.7 Å². The molecule has 8 nitrogen and oxygen atoms in total. The summed E-state index contributed by atoms with van der Waals surface area (Å²) in [6.07, 6.45) is 3.20. The van der Waals surface area contributed by atoms with Gasteiger partial charge in [-0.3, -0.25) is 14.6 Å². The smallest absolute Gasteiger partial charge is 0.271 e. The molecule has 3 N–H and O–H groups in total. The summed E-state index contributed by atoms with van der Waals surface area (Å²) in [4.78, 5) is 33.1. The maximum Gasteiger partial charge on any atom is 0.271 e. The van der Waals surface area contributed by atoms with Gasteiger partial charge in [0, 0.05) is 13.1 Å². The molecular formula is C28H34FN5O3. The van der Waals surface area contributed by atoms with Gasteiger partial charge in [-0.05, 0) is 63.1 Å². The van der Waals surface area contributed by atoms with Crippen LogP contribution in [0.15, 0.2) is 65.9 Å². The highest BCUT2D eigenvalue weighted by Crippen LogP contribution is 2.23. The molecule has 0 saturated carbocycles. The Kier molecular flexibility index (Phi) is 9.79. The molecule has 3 atom stereocenters. The Labute approximate surface area is 216 Å². The van der Waals surface area contributed by atoms with Crippen molar-refractivity contribution in [3.05, 3.63) is 72.1 Å². The number of aromatic nitrogens is 2. The number of aliphatic hydroxyl groups excluding tert-OH is 1. The molecule has 1 aromatic heterocycles. The predicted molar refractivity (Wildman–Crippen MR) is 142 cm³/mol. The van der Waals surface area contributed by atoms with Crippen LogP contribution in [0.5, 0.6) is 0 Å². The first kappa shape index (κ1) is 27.9. The number of para-hydroxylation sites is 2. The lowest BCUT2D eigenvalue weighted by molar-refractivity contribution is -0.118. The standard InChI is InChI=1S/C28H34FN5O3/c1-19(35)34-31-17-21(13-14-28(2,3)29)16-26(36)24(15-20-9-5-4-6-10-20)33-27(37)25-18-30-22-11-7-8-12-23(22)32-25/h4-12,17-18,21,24,26,36H,13-16H2,1-3H3,(H,33,37)(H,34,35). The van der Waals surface area contributed by atoms with E-state index >= 15 is 0 Å². The third kappa shape index (κ3) is 9.34.